The molecule has 0 radical (unpaired) electrons. The first kappa shape index (κ1) is 18.1. The second-order valence-electron chi connectivity index (χ2n) is 6.11. The van der Waals surface area contributed by atoms with Gasteiger partial charge in [-0.15, -0.1) is 0 Å². The number of nitriles is 1. The van der Waals surface area contributed by atoms with Gasteiger partial charge in [0.15, 0.2) is 0 Å². The van der Waals surface area contributed by atoms with Gasteiger partial charge in [0.1, 0.15) is 30.5 Å². The minimum absolute atomic E-state index is 0.0141. The minimum atomic E-state index is -0.738. The van der Waals surface area contributed by atoms with Crippen molar-refractivity contribution < 1.29 is 23.1 Å². The highest BCUT2D eigenvalue weighted by atomic mass is 32.2. The summed E-state index contributed by atoms with van der Waals surface area (Å²) < 4.78 is 34.2. The van der Waals surface area contributed by atoms with E-state index in [0.717, 1.165) is 22.3 Å². The molecule has 1 unspecified atom stereocenters. The molecule has 1 atom stereocenters. The van der Waals surface area contributed by atoms with Crippen molar-refractivity contribution in [1.82, 2.24) is 9.62 Å². The molecule has 2 aromatic carbocycles. The molecule has 4 rings (SSSR count). The monoisotopic (exact) mass is 402 g/mol. The third kappa shape index (κ3) is 3.32. The summed E-state index contributed by atoms with van der Waals surface area (Å²) in [5, 5.41) is 14.1. The highest BCUT2D eigenvalue weighted by molar-refractivity contribution is 7.97. The molecule has 2 heterocycles. The predicted octanol–water partition coefficient (Wildman–Crippen LogP) is 2.94. The molecule has 0 spiro atoms. The summed E-state index contributed by atoms with van der Waals surface area (Å²) in [6, 6.07) is 6.99. The van der Waals surface area contributed by atoms with Crippen LogP contribution in [-0.2, 0) is 4.79 Å². The molecule has 3 amide bonds. The van der Waals surface area contributed by atoms with E-state index < -0.39 is 29.6 Å². The zero-order chi connectivity index (χ0) is 19.8. The van der Waals surface area contributed by atoms with Crippen molar-refractivity contribution in [2.75, 3.05) is 18.5 Å². The number of carbonyl (C=O) groups excluding carboxylic acids is 2. The Morgan fingerprint density at radius 2 is 2.21 bits per heavy atom. The van der Waals surface area contributed by atoms with Crippen LogP contribution in [0.5, 0.6) is 5.75 Å². The standard InChI is InChI=1S/C18H12F2N4O3S/c19-10-1-2-12-15(5-10)28-24(18(26)23-12)7-16(25)22-13-8-27-14-4-9(6-21)3-11(20)17(13)14/h1-5,13H,7-8H2,(H,22,25)(H,23,26). The molecule has 0 aromatic heterocycles. The molecule has 0 aliphatic carbocycles. The molecule has 0 fully saturated rings. The summed E-state index contributed by atoms with van der Waals surface area (Å²) in [5.41, 5.74) is 0.743. The van der Waals surface area contributed by atoms with E-state index in [1.54, 1.807) is 0 Å². The van der Waals surface area contributed by atoms with Gasteiger partial charge in [-0.3, -0.25) is 9.10 Å². The van der Waals surface area contributed by atoms with Crippen LogP contribution < -0.4 is 15.4 Å². The van der Waals surface area contributed by atoms with Crippen molar-refractivity contribution in [2.24, 2.45) is 0 Å². The third-order valence-electron chi connectivity index (χ3n) is 4.22. The molecule has 10 heteroatoms. The maximum atomic E-state index is 14.3. The molecule has 7 nitrogen and oxygen atoms in total. The number of carbonyl (C=O) groups is 2. The van der Waals surface area contributed by atoms with E-state index in [1.165, 1.54) is 24.3 Å². The first-order valence-corrected chi connectivity index (χ1v) is 8.93. The lowest BCUT2D eigenvalue weighted by Gasteiger charge is -2.27. The number of ether oxygens (including phenoxy) is 1. The molecule has 2 N–H and O–H groups in total. The second kappa shape index (κ2) is 7.01. The van der Waals surface area contributed by atoms with Crippen molar-refractivity contribution in [2.45, 2.75) is 10.9 Å². The smallest absolute Gasteiger partial charge is 0.332 e. The van der Waals surface area contributed by atoms with Gasteiger partial charge in [-0.05, 0) is 42.3 Å². The number of halogens is 2. The molecule has 28 heavy (non-hydrogen) atoms. The lowest BCUT2D eigenvalue weighted by atomic mass is 10.1. The van der Waals surface area contributed by atoms with E-state index in [1.807, 2.05) is 6.07 Å². The molecule has 2 aliphatic rings. The Bertz CT molecular complexity index is 1040. The van der Waals surface area contributed by atoms with Crippen molar-refractivity contribution in [3.63, 3.8) is 0 Å². The van der Waals surface area contributed by atoms with Crippen LogP contribution in [0.4, 0.5) is 19.3 Å². The van der Waals surface area contributed by atoms with E-state index >= 15 is 0 Å². The van der Waals surface area contributed by atoms with Crippen LogP contribution in [0.25, 0.3) is 0 Å². The summed E-state index contributed by atoms with van der Waals surface area (Å²) in [7, 11) is 0. The van der Waals surface area contributed by atoms with Crippen molar-refractivity contribution in [3.05, 3.63) is 53.1 Å². The summed E-state index contributed by atoms with van der Waals surface area (Å²) in [4.78, 5) is 25.0. The summed E-state index contributed by atoms with van der Waals surface area (Å²) in [6.07, 6.45) is 0. The Morgan fingerprint density at radius 3 is 3.00 bits per heavy atom. The maximum absolute atomic E-state index is 14.3. The Morgan fingerprint density at radius 1 is 1.39 bits per heavy atom. The molecule has 0 saturated carbocycles. The number of amides is 3. The zero-order valence-electron chi connectivity index (χ0n) is 14.2. The van der Waals surface area contributed by atoms with Crippen molar-refractivity contribution in [1.29, 1.82) is 5.26 Å². The van der Waals surface area contributed by atoms with Crippen molar-refractivity contribution >= 4 is 29.6 Å². The van der Waals surface area contributed by atoms with Gasteiger partial charge in [0, 0.05) is 0 Å². The van der Waals surface area contributed by atoms with E-state index in [0.29, 0.717) is 10.6 Å². The van der Waals surface area contributed by atoms with Crippen LogP contribution in [0, 0.1) is 23.0 Å². The lowest BCUT2D eigenvalue weighted by Crippen LogP contribution is -2.42. The molecule has 2 aliphatic heterocycles. The summed E-state index contributed by atoms with van der Waals surface area (Å²) in [5.74, 6) is -1.44. The number of rotatable bonds is 3. The van der Waals surface area contributed by atoms with Crippen LogP contribution >= 0.6 is 11.9 Å². The van der Waals surface area contributed by atoms with E-state index in [9.17, 15) is 18.4 Å². The first-order chi connectivity index (χ1) is 13.4. The molecule has 2 aromatic rings. The third-order valence-corrected chi connectivity index (χ3v) is 5.27. The number of hydrogen-bond acceptors (Lipinski definition) is 5. The number of fused-ring (bicyclic) bond motifs is 2. The Balaban J connectivity index is 1.45. The molecular formula is C18H12F2N4O3S. The van der Waals surface area contributed by atoms with E-state index in [4.69, 9.17) is 10.00 Å². The van der Waals surface area contributed by atoms with Crippen LogP contribution in [0.3, 0.4) is 0 Å². The highest BCUT2D eigenvalue weighted by Crippen LogP contribution is 2.37. The van der Waals surface area contributed by atoms with Crippen LogP contribution in [0.15, 0.2) is 35.2 Å². The number of benzene rings is 2. The summed E-state index contributed by atoms with van der Waals surface area (Å²) in [6.45, 7) is -0.309. The second-order valence-corrected chi connectivity index (χ2v) is 7.17. The van der Waals surface area contributed by atoms with E-state index in [2.05, 4.69) is 10.6 Å². The van der Waals surface area contributed by atoms with Crippen LogP contribution in [0.1, 0.15) is 17.2 Å². The van der Waals surface area contributed by atoms with Gasteiger partial charge >= 0.3 is 6.03 Å². The number of nitrogens with one attached hydrogen (secondary N) is 2. The molecular weight excluding hydrogens is 390 g/mol. The average molecular weight is 402 g/mol. The number of nitrogens with zero attached hydrogens (tertiary/aromatic N) is 2. The predicted molar refractivity (Wildman–Crippen MR) is 95.5 cm³/mol. The molecule has 0 saturated heterocycles. The van der Waals surface area contributed by atoms with Gasteiger partial charge < -0.3 is 15.4 Å². The van der Waals surface area contributed by atoms with Crippen molar-refractivity contribution in [3.8, 4) is 11.8 Å². The topological polar surface area (TPSA) is 94.5 Å². The minimum Gasteiger partial charge on any atom is -0.491 e. The lowest BCUT2D eigenvalue weighted by molar-refractivity contribution is -0.121. The van der Waals surface area contributed by atoms with Crippen LogP contribution in [-0.4, -0.2) is 29.4 Å². The number of hydrogen-bond donors (Lipinski definition) is 2. The fraction of sp³-hybridized carbons (Fsp3) is 0.167. The Labute approximate surface area is 162 Å². The normalized spacial score (nSPS) is 17.1. The van der Waals surface area contributed by atoms with Gasteiger partial charge in [-0.2, -0.15) is 5.26 Å². The van der Waals surface area contributed by atoms with Gasteiger partial charge in [-0.25, -0.2) is 13.6 Å². The fourth-order valence-corrected chi connectivity index (χ4v) is 3.90. The van der Waals surface area contributed by atoms with Gasteiger partial charge in [0.25, 0.3) is 0 Å². The number of anilines is 1. The quantitative estimate of drug-likeness (QED) is 0.770. The van der Waals surface area contributed by atoms with Gasteiger partial charge in [0.05, 0.1) is 33.8 Å². The SMILES string of the molecule is N#Cc1cc(F)c2c(c1)OCC2NC(=O)CN1Sc2cc(F)ccc2NC1=O. The summed E-state index contributed by atoms with van der Waals surface area (Å²) >= 11 is 0.938. The molecule has 142 valence electrons. The Hall–Kier alpha value is -3.32. The van der Waals surface area contributed by atoms with E-state index in [-0.39, 0.29) is 30.0 Å². The average Bonchev–Trinajstić information content (AvgIpc) is 3.05. The zero-order valence-corrected chi connectivity index (χ0v) is 15.0. The maximum Gasteiger partial charge on any atom is 0.332 e. The highest BCUT2D eigenvalue weighted by Gasteiger charge is 2.32. The van der Waals surface area contributed by atoms with Gasteiger partial charge in [-0.1, -0.05) is 0 Å². The number of urea groups is 1. The largest absolute Gasteiger partial charge is 0.491 e. The van der Waals surface area contributed by atoms with Crippen LogP contribution in [0.2, 0.25) is 0 Å². The Kier molecular flexibility index (Phi) is 4.52. The van der Waals surface area contributed by atoms with Gasteiger partial charge in [0.2, 0.25) is 5.91 Å². The first-order valence-electron chi connectivity index (χ1n) is 8.16. The molecule has 0 bridgehead atoms. The fourth-order valence-electron chi connectivity index (χ4n) is 2.97.